The van der Waals surface area contributed by atoms with Gasteiger partial charge in [-0.15, -0.1) is 0 Å². The maximum atomic E-state index is 6.21. The van der Waals surface area contributed by atoms with E-state index in [-0.39, 0.29) is 0 Å². The molecule has 2 rings (SSSR count). The first-order valence-electron chi connectivity index (χ1n) is 6.66. The second kappa shape index (κ2) is 6.73. The molecule has 0 aliphatic rings. The van der Waals surface area contributed by atoms with Gasteiger partial charge in [0.05, 0.1) is 10.7 Å². The average molecular weight is 290 g/mol. The van der Waals surface area contributed by atoms with Gasteiger partial charge in [-0.3, -0.25) is 4.90 Å². The van der Waals surface area contributed by atoms with E-state index >= 15 is 0 Å². The largest absolute Gasteiger partial charge is 0.373 e. The molecule has 0 radical (unpaired) electrons. The minimum absolute atomic E-state index is 0.709. The summed E-state index contributed by atoms with van der Waals surface area (Å²) in [5.41, 5.74) is 3.54. The lowest BCUT2D eigenvalue weighted by molar-refractivity contribution is 0.314. The van der Waals surface area contributed by atoms with Gasteiger partial charge >= 0.3 is 0 Å². The Hall–Kier alpha value is -1.58. The molecular formula is C16H20ClN3. The fourth-order valence-electron chi connectivity index (χ4n) is 2.12. The summed E-state index contributed by atoms with van der Waals surface area (Å²) >= 11 is 6.21. The zero-order chi connectivity index (χ0) is 14.5. The summed E-state index contributed by atoms with van der Waals surface area (Å²) in [6, 6.07) is 12.2. The molecule has 0 spiro atoms. The first-order valence-corrected chi connectivity index (χ1v) is 7.04. The topological polar surface area (TPSA) is 28.2 Å². The standard InChI is InChI=1S/C16H20ClN3/c1-12-6-4-5-7-13(12)10-20(3)11-15-14(17)8-9-16(18-2)19-15/h4-9H,10-11H2,1-3H3,(H,18,19). The third-order valence-electron chi connectivity index (χ3n) is 3.30. The lowest BCUT2D eigenvalue weighted by Gasteiger charge is -2.18. The highest BCUT2D eigenvalue weighted by molar-refractivity contribution is 6.31. The van der Waals surface area contributed by atoms with Crippen molar-refractivity contribution >= 4 is 17.4 Å². The summed E-state index contributed by atoms with van der Waals surface area (Å²) < 4.78 is 0. The van der Waals surface area contributed by atoms with Crippen LogP contribution in [0.1, 0.15) is 16.8 Å². The monoisotopic (exact) mass is 289 g/mol. The molecule has 1 N–H and O–H groups in total. The van der Waals surface area contributed by atoms with Crippen molar-refractivity contribution in [3.8, 4) is 0 Å². The van der Waals surface area contributed by atoms with Gasteiger partial charge in [0.1, 0.15) is 5.82 Å². The Labute approximate surface area is 125 Å². The Bertz CT molecular complexity index is 584. The van der Waals surface area contributed by atoms with Gasteiger partial charge in [0.2, 0.25) is 0 Å². The predicted molar refractivity (Wildman–Crippen MR) is 85.1 cm³/mol. The third kappa shape index (κ3) is 3.71. The van der Waals surface area contributed by atoms with E-state index in [1.54, 1.807) is 0 Å². The number of nitrogens with one attached hydrogen (secondary N) is 1. The normalized spacial score (nSPS) is 10.8. The van der Waals surface area contributed by atoms with Crippen LogP contribution in [0.15, 0.2) is 36.4 Å². The van der Waals surface area contributed by atoms with E-state index in [0.29, 0.717) is 5.02 Å². The van der Waals surface area contributed by atoms with Crippen molar-refractivity contribution in [3.05, 3.63) is 58.2 Å². The molecule has 4 heteroatoms. The molecule has 1 heterocycles. The Morgan fingerprint density at radius 1 is 1.15 bits per heavy atom. The van der Waals surface area contributed by atoms with Gasteiger partial charge in [-0.05, 0) is 37.2 Å². The smallest absolute Gasteiger partial charge is 0.126 e. The molecule has 1 aromatic heterocycles. The summed E-state index contributed by atoms with van der Waals surface area (Å²) in [6.45, 7) is 3.74. The number of nitrogens with zero attached hydrogens (tertiary/aromatic N) is 2. The van der Waals surface area contributed by atoms with Gasteiger partial charge in [0.25, 0.3) is 0 Å². The summed E-state index contributed by atoms with van der Waals surface area (Å²) in [5.74, 6) is 0.841. The summed E-state index contributed by atoms with van der Waals surface area (Å²) in [5, 5.41) is 3.75. The summed E-state index contributed by atoms with van der Waals surface area (Å²) in [4.78, 5) is 6.73. The molecule has 0 saturated carbocycles. The van der Waals surface area contributed by atoms with Gasteiger partial charge in [0.15, 0.2) is 0 Å². The van der Waals surface area contributed by atoms with Gasteiger partial charge in [-0.2, -0.15) is 0 Å². The molecular weight excluding hydrogens is 270 g/mol. The maximum Gasteiger partial charge on any atom is 0.126 e. The highest BCUT2D eigenvalue weighted by atomic mass is 35.5. The Morgan fingerprint density at radius 2 is 1.90 bits per heavy atom. The number of hydrogen-bond acceptors (Lipinski definition) is 3. The molecule has 0 aliphatic carbocycles. The van der Waals surface area contributed by atoms with Crippen LogP contribution in [-0.4, -0.2) is 24.0 Å². The lowest BCUT2D eigenvalue weighted by Crippen LogP contribution is -2.19. The molecule has 0 unspecified atom stereocenters. The molecule has 0 atom stereocenters. The molecule has 3 nitrogen and oxygen atoms in total. The van der Waals surface area contributed by atoms with Crippen molar-refractivity contribution < 1.29 is 0 Å². The van der Waals surface area contributed by atoms with Crippen LogP contribution in [-0.2, 0) is 13.1 Å². The van der Waals surface area contributed by atoms with E-state index in [2.05, 4.69) is 53.4 Å². The molecule has 20 heavy (non-hydrogen) atoms. The van der Waals surface area contributed by atoms with Gasteiger partial charge in [0, 0.05) is 20.1 Å². The van der Waals surface area contributed by atoms with Crippen molar-refractivity contribution in [2.45, 2.75) is 20.0 Å². The zero-order valence-corrected chi connectivity index (χ0v) is 12.9. The van der Waals surface area contributed by atoms with E-state index in [1.165, 1.54) is 11.1 Å². The number of aromatic nitrogens is 1. The van der Waals surface area contributed by atoms with Crippen LogP contribution in [0.5, 0.6) is 0 Å². The van der Waals surface area contributed by atoms with Gasteiger partial charge in [-0.25, -0.2) is 4.98 Å². The van der Waals surface area contributed by atoms with E-state index in [4.69, 9.17) is 11.6 Å². The number of aryl methyl sites for hydroxylation is 1. The van der Waals surface area contributed by atoms with E-state index in [0.717, 1.165) is 24.6 Å². The Morgan fingerprint density at radius 3 is 2.60 bits per heavy atom. The van der Waals surface area contributed by atoms with E-state index in [1.807, 2.05) is 19.2 Å². The summed E-state index contributed by atoms with van der Waals surface area (Å²) in [6.07, 6.45) is 0. The molecule has 2 aromatic rings. The van der Waals surface area contributed by atoms with Crippen LogP contribution in [0.3, 0.4) is 0 Å². The Kier molecular flexibility index (Phi) is 4.99. The minimum Gasteiger partial charge on any atom is -0.373 e. The van der Waals surface area contributed by atoms with Crippen molar-refractivity contribution in [2.75, 3.05) is 19.4 Å². The molecule has 0 fully saturated rings. The SMILES string of the molecule is CNc1ccc(Cl)c(CN(C)Cc2ccccc2C)n1. The molecule has 0 aliphatic heterocycles. The second-order valence-electron chi connectivity index (χ2n) is 4.97. The fraction of sp³-hybridized carbons (Fsp3) is 0.312. The van der Waals surface area contributed by atoms with Crippen molar-refractivity contribution in [1.82, 2.24) is 9.88 Å². The number of halogens is 1. The van der Waals surface area contributed by atoms with E-state index in [9.17, 15) is 0 Å². The fourth-order valence-corrected chi connectivity index (χ4v) is 2.29. The third-order valence-corrected chi connectivity index (χ3v) is 3.64. The maximum absolute atomic E-state index is 6.21. The molecule has 106 valence electrons. The average Bonchev–Trinajstić information content (AvgIpc) is 2.44. The summed E-state index contributed by atoms with van der Waals surface area (Å²) in [7, 11) is 3.94. The minimum atomic E-state index is 0.709. The van der Waals surface area contributed by atoms with Crippen molar-refractivity contribution in [2.24, 2.45) is 0 Å². The number of anilines is 1. The predicted octanol–water partition coefficient (Wildman–Crippen LogP) is 3.72. The highest BCUT2D eigenvalue weighted by Crippen LogP contribution is 2.19. The molecule has 1 aromatic carbocycles. The Balaban J connectivity index is 2.08. The van der Waals surface area contributed by atoms with Crippen LogP contribution in [0, 0.1) is 6.92 Å². The van der Waals surface area contributed by atoms with Crippen molar-refractivity contribution in [3.63, 3.8) is 0 Å². The van der Waals surface area contributed by atoms with Crippen molar-refractivity contribution in [1.29, 1.82) is 0 Å². The van der Waals surface area contributed by atoms with Gasteiger partial charge < -0.3 is 5.32 Å². The van der Waals surface area contributed by atoms with Crippen LogP contribution in [0.4, 0.5) is 5.82 Å². The zero-order valence-electron chi connectivity index (χ0n) is 12.2. The van der Waals surface area contributed by atoms with E-state index < -0.39 is 0 Å². The van der Waals surface area contributed by atoms with Crippen LogP contribution in [0.2, 0.25) is 5.02 Å². The number of hydrogen-bond donors (Lipinski definition) is 1. The van der Waals surface area contributed by atoms with Crippen LogP contribution in [0.25, 0.3) is 0 Å². The quantitative estimate of drug-likeness (QED) is 0.909. The number of benzene rings is 1. The first-order chi connectivity index (χ1) is 9.60. The number of rotatable bonds is 5. The van der Waals surface area contributed by atoms with Gasteiger partial charge in [-0.1, -0.05) is 35.9 Å². The lowest BCUT2D eigenvalue weighted by atomic mass is 10.1. The molecule has 0 saturated heterocycles. The van der Waals surface area contributed by atoms with Crippen LogP contribution < -0.4 is 5.32 Å². The molecule has 0 bridgehead atoms. The number of pyridine rings is 1. The molecule has 0 amide bonds. The van der Waals surface area contributed by atoms with Crippen LogP contribution >= 0.6 is 11.6 Å². The highest BCUT2D eigenvalue weighted by Gasteiger charge is 2.08. The second-order valence-corrected chi connectivity index (χ2v) is 5.38. The first kappa shape index (κ1) is 14.8.